The second kappa shape index (κ2) is 7.19. The average molecular weight is 354 g/mol. The first-order valence-corrected chi connectivity index (χ1v) is 8.63. The lowest BCUT2D eigenvalue weighted by molar-refractivity contribution is 0.0727. The van der Waals surface area contributed by atoms with Gasteiger partial charge in [-0.25, -0.2) is 0 Å². The lowest BCUT2D eigenvalue weighted by Gasteiger charge is -2.28. The molecule has 1 atom stereocenters. The van der Waals surface area contributed by atoms with E-state index in [4.69, 9.17) is 11.6 Å². The molecule has 1 aromatic carbocycles. The second-order valence-corrected chi connectivity index (χ2v) is 6.48. The van der Waals surface area contributed by atoms with Crippen molar-refractivity contribution >= 4 is 28.4 Å². The molecule has 0 saturated heterocycles. The van der Waals surface area contributed by atoms with Crippen LogP contribution in [-0.2, 0) is 0 Å². The van der Waals surface area contributed by atoms with Crippen molar-refractivity contribution in [2.75, 3.05) is 7.05 Å². The van der Waals surface area contributed by atoms with E-state index >= 15 is 0 Å². The normalized spacial score (nSPS) is 12.2. The van der Waals surface area contributed by atoms with Crippen molar-refractivity contribution in [2.45, 2.75) is 26.3 Å². The molecule has 0 aliphatic heterocycles. The van der Waals surface area contributed by atoms with E-state index in [1.54, 1.807) is 17.2 Å². The SMILES string of the molecule is CC[C@H](c1cccnc1)N(C)C(=O)c1cc(C)nc2c(Cl)cccc12. The summed E-state index contributed by atoms with van der Waals surface area (Å²) in [5.41, 5.74) is 3.07. The molecule has 0 spiro atoms. The maximum absolute atomic E-state index is 13.2. The van der Waals surface area contributed by atoms with Crippen LogP contribution in [0.5, 0.6) is 0 Å². The van der Waals surface area contributed by atoms with Gasteiger partial charge in [0.05, 0.1) is 22.1 Å². The molecule has 0 bridgehead atoms. The van der Waals surface area contributed by atoms with Crippen LogP contribution in [-0.4, -0.2) is 27.8 Å². The molecule has 3 rings (SSSR count). The van der Waals surface area contributed by atoms with E-state index in [-0.39, 0.29) is 11.9 Å². The first-order valence-electron chi connectivity index (χ1n) is 8.26. The van der Waals surface area contributed by atoms with Crippen LogP contribution in [0.2, 0.25) is 5.02 Å². The number of para-hydroxylation sites is 1. The van der Waals surface area contributed by atoms with Gasteiger partial charge in [-0.05, 0) is 37.1 Å². The summed E-state index contributed by atoms with van der Waals surface area (Å²) >= 11 is 6.28. The number of carbonyl (C=O) groups is 1. The molecule has 0 saturated carbocycles. The fourth-order valence-electron chi connectivity index (χ4n) is 3.16. The first-order chi connectivity index (χ1) is 12.0. The molecule has 3 aromatic rings. The minimum atomic E-state index is -0.0477. The van der Waals surface area contributed by atoms with Crippen molar-refractivity contribution in [3.05, 3.63) is 70.6 Å². The predicted octanol–water partition coefficient (Wildman–Crippen LogP) is 4.81. The van der Waals surface area contributed by atoms with E-state index in [2.05, 4.69) is 16.9 Å². The van der Waals surface area contributed by atoms with E-state index < -0.39 is 0 Å². The van der Waals surface area contributed by atoms with Crippen LogP contribution in [0.4, 0.5) is 0 Å². The fraction of sp³-hybridized carbons (Fsp3) is 0.250. The molecule has 0 aliphatic rings. The number of fused-ring (bicyclic) bond motifs is 1. The van der Waals surface area contributed by atoms with Crippen LogP contribution >= 0.6 is 11.6 Å². The Kier molecular flexibility index (Phi) is 5.00. The van der Waals surface area contributed by atoms with Gasteiger partial charge in [-0.15, -0.1) is 0 Å². The number of nitrogens with zero attached hydrogens (tertiary/aromatic N) is 3. The van der Waals surface area contributed by atoms with Crippen molar-refractivity contribution in [3.8, 4) is 0 Å². The molecular formula is C20H20ClN3O. The summed E-state index contributed by atoms with van der Waals surface area (Å²) in [6, 6.07) is 11.2. The molecule has 2 heterocycles. The van der Waals surface area contributed by atoms with E-state index in [9.17, 15) is 4.79 Å². The lowest BCUT2D eigenvalue weighted by atomic mass is 10.0. The topological polar surface area (TPSA) is 46.1 Å². The number of aromatic nitrogens is 2. The molecule has 25 heavy (non-hydrogen) atoms. The summed E-state index contributed by atoms with van der Waals surface area (Å²) in [6.45, 7) is 3.94. The van der Waals surface area contributed by atoms with Gasteiger partial charge in [0.1, 0.15) is 0 Å². The molecule has 0 N–H and O–H groups in total. The zero-order valence-electron chi connectivity index (χ0n) is 14.5. The van der Waals surface area contributed by atoms with E-state index in [0.29, 0.717) is 16.1 Å². The molecule has 5 heteroatoms. The third-order valence-electron chi connectivity index (χ3n) is 4.39. The lowest BCUT2D eigenvalue weighted by Crippen LogP contribution is -2.31. The third-order valence-corrected chi connectivity index (χ3v) is 4.70. The van der Waals surface area contributed by atoms with Crippen molar-refractivity contribution in [3.63, 3.8) is 0 Å². The first kappa shape index (κ1) is 17.4. The number of carbonyl (C=O) groups excluding carboxylic acids is 1. The summed E-state index contributed by atoms with van der Waals surface area (Å²) in [6.07, 6.45) is 4.35. The molecule has 4 nitrogen and oxygen atoms in total. The minimum Gasteiger partial charge on any atom is -0.335 e. The summed E-state index contributed by atoms with van der Waals surface area (Å²) in [5, 5.41) is 1.33. The van der Waals surface area contributed by atoms with Gasteiger partial charge < -0.3 is 4.90 Å². The Bertz CT molecular complexity index is 911. The molecular weight excluding hydrogens is 334 g/mol. The Labute approximate surface area is 152 Å². The van der Waals surface area contributed by atoms with Crippen molar-refractivity contribution in [2.24, 2.45) is 0 Å². The number of amides is 1. The van der Waals surface area contributed by atoms with Gasteiger partial charge in [-0.3, -0.25) is 14.8 Å². The van der Waals surface area contributed by atoms with E-state index in [1.807, 2.05) is 50.5 Å². The van der Waals surface area contributed by atoms with Crippen LogP contribution in [0.1, 0.15) is 41.0 Å². The van der Waals surface area contributed by atoms with Crippen LogP contribution < -0.4 is 0 Å². The Morgan fingerprint density at radius 3 is 2.76 bits per heavy atom. The highest BCUT2D eigenvalue weighted by molar-refractivity contribution is 6.35. The second-order valence-electron chi connectivity index (χ2n) is 6.07. The molecule has 2 aromatic heterocycles. The maximum Gasteiger partial charge on any atom is 0.254 e. The van der Waals surface area contributed by atoms with Gasteiger partial charge in [0.15, 0.2) is 0 Å². The number of aryl methyl sites for hydroxylation is 1. The maximum atomic E-state index is 13.2. The van der Waals surface area contributed by atoms with E-state index in [1.165, 1.54) is 0 Å². The van der Waals surface area contributed by atoms with Crippen molar-refractivity contribution < 1.29 is 4.79 Å². The number of rotatable bonds is 4. The zero-order valence-corrected chi connectivity index (χ0v) is 15.3. The highest BCUT2D eigenvalue weighted by Gasteiger charge is 2.23. The summed E-state index contributed by atoms with van der Waals surface area (Å²) in [7, 11) is 1.83. The fourth-order valence-corrected chi connectivity index (χ4v) is 3.37. The number of halogens is 1. The predicted molar refractivity (Wildman–Crippen MR) is 101 cm³/mol. The van der Waals surface area contributed by atoms with Crippen molar-refractivity contribution in [1.82, 2.24) is 14.9 Å². The van der Waals surface area contributed by atoms with Crippen LogP contribution in [0.15, 0.2) is 48.8 Å². The average Bonchev–Trinajstić information content (AvgIpc) is 2.63. The highest BCUT2D eigenvalue weighted by atomic mass is 35.5. The zero-order chi connectivity index (χ0) is 18.0. The molecule has 0 fully saturated rings. The molecule has 1 amide bonds. The molecule has 128 valence electrons. The van der Waals surface area contributed by atoms with Gasteiger partial charge in [0.25, 0.3) is 5.91 Å². The number of hydrogen-bond donors (Lipinski definition) is 0. The molecule has 0 radical (unpaired) electrons. The molecule has 0 aliphatic carbocycles. The molecule has 0 unspecified atom stereocenters. The van der Waals surface area contributed by atoms with E-state index in [0.717, 1.165) is 23.1 Å². The summed E-state index contributed by atoms with van der Waals surface area (Å²) in [4.78, 5) is 23.7. The Hall–Kier alpha value is -2.46. The summed E-state index contributed by atoms with van der Waals surface area (Å²) in [5.74, 6) is -0.0477. The number of pyridine rings is 2. The number of benzene rings is 1. The van der Waals surface area contributed by atoms with Gasteiger partial charge in [-0.2, -0.15) is 0 Å². The quantitative estimate of drug-likeness (QED) is 0.675. The summed E-state index contributed by atoms with van der Waals surface area (Å²) < 4.78 is 0. The van der Waals surface area contributed by atoms with Crippen LogP contribution in [0.3, 0.4) is 0 Å². The van der Waals surface area contributed by atoms with Gasteiger partial charge in [0, 0.05) is 30.5 Å². The van der Waals surface area contributed by atoms with Gasteiger partial charge in [-0.1, -0.05) is 36.7 Å². The highest BCUT2D eigenvalue weighted by Crippen LogP contribution is 2.29. The number of hydrogen-bond acceptors (Lipinski definition) is 3. The monoisotopic (exact) mass is 353 g/mol. The Morgan fingerprint density at radius 1 is 1.28 bits per heavy atom. The largest absolute Gasteiger partial charge is 0.335 e. The third kappa shape index (κ3) is 3.35. The van der Waals surface area contributed by atoms with Crippen molar-refractivity contribution in [1.29, 1.82) is 0 Å². The van der Waals surface area contributed by atoms with Crippen LogP contribution in [0, 0.1) is 6.92 Å². The van der Waals surface area contributed by atoms with Crippen LogP contribution in [0.25, 0.3) is 10.9 Å². The standard InChI is InChI=1S/C20H20ClN3O/c1-4-18(14-7-6-10-22-12-14)24(3)20(25)16-11-13(2)23-19-15(16)8-5-9-17(19)21/h5-12,18H,4H2,1-3H3/t18-/m1/s1. The smallest absolute Gasteiger partial charge is 0.254 e. The Balaban J connectivity index is 2.06. The van der Waals surface area contributed by atoms with Gasteiger partial charge >= 0.3 is 0 Å². The Morgan fingerprint density at radius 2 is 2.08 bits per heavy atom. The van der Waals surface area contributed by atoms with Gasteiger partial charge in [0.2, 0.25) is 0 Å². The minimum absolute atomic E-state index is 0.0381.